The minimum atomic E-state index is -1.15. The Bertz CT molecular complexity index is 1010. The Morgan fingerprint density at radius 3 is 2.70 bits per heavy atom. The van der Waals surface area contributed by atoms with Gasteiger partial charge in [-0.25, -0.2) is 4.79 Å². The van der Waals surface area contributed by atoms with Crippen LogP contribution in [0.25, 0.3) is 10.9 Å². The minimum Gasteiger partial charge on any atom is -0.480 e. The van der Waals surface area contributed by atoms with Gasteiger partial charge in [-0.2, -0.15) is 0 Å². The maximum Gasteiger partial charge on any atom is 0.326 e. The number of H-pyrrole nitrogens is 1. The maximum absolute atomic E-state index is 12.2. The summed E-state index contributed by atoms with van der Waals surface area (Å²) in [4.78, 5) is 37.2. The summed E-state index contributed by atoms with van der Waals surface area (Å²) >= 11 is 0. The molecule has 8 nitrogen and oxygen atoms in total. The Labute approximate surface area is 154 Å². The van der Waals surface area contributed by atoms with Crippen molar-refractivity contribution in [1.82, 2.24) is 10.3 Å². The maximum atomic E-state index is 12.2. The molecule has 1 aromatic heterocycles. The van der Waals surface area contributed by atoms with Crippen LogP contribution in [0.5, 0.6) is 0 Å². The lowest BCUT2D eigenvalue weighted by atomic mass is 10.0. The zero-order chi connectivity index (χ0) is 19.4. The van der Waals surface area contributed by atoms with Gasteiger partial charge in [-0.05, 0) is 17.2 Å². The van der Waals surface area contributed by atoms with Crippen molar-refractivity contribution in [3.63, 3.8) is 0 Å². The number of para-hydroxylation sites is 1. The Morgan fingerprint density at radius 1 is 1.19 bits per heavy atom. The minimum absolute atomic E-state index is 0.117. The average molecular weight is 367 g/mol. The normalized spacial score (nSPS) is 11.9. The summed E-state index contributed by atoms with van der Waals surface area (Å²) in [5.41, 5.74) is 2.00. The molecule has 3 N–H and O–H groups in total. The second kappa shape index (κ2) is 7.69. The molecule has 0 aliphatic heterocycles. The summed E-state index contributed by atoms with van der Waals surface area (Å²) in [7, 11) is 0. The number of carbonyl (C=O) groups is 2. The van der Waals surface area contributed by atoms with Crippen LogP contribution in [0.4, 0.5) is 5.69 Å². The number of aliphatic carboxylic acids is 1. The van der Waals surface area contributed by atoms with Crippen LogP contribution >= 0.6 is 0 Å². The van der Waals surface area contributed by atoms with Gasteiger partial charge >= 0.3 is 5.97 Å². The molecular weight excluding hydrogens is 350 g/mol. The highest BCUT2D eigenvalue weighted by Gasteiger charge is 2.22. The van der Waals surface area contributed by atoms with Crippen LogP contribution in [0.3, 0.4) is 0 Å². The molecular formula is C19H17N3O5. The molecule has 0 aliphatic rings. The average Bonchev–Trinajstić information content (AvgIpc) is 3.04. The molecule has 27 heavy (non-hydrogen) atoms. The summed E-state index contributed by atoms with van der Waals surface area (Å²) in [6.45, 7) is 0. The predicted molar refractivity (Wildman–Crippen MR) is 98.4 cm³/mol. The van der Waals surface area contributed by atoms with E-state index >= 15 is 0 Å². The molecule has 2 aromatic carbocycles. The molecule has 0 aliphatic carbocycles. The topological polar surface area (TPSA) is 125 Å². The van der Waals surface area contributed by atoms with Gasteiger partial charge in [-0.3, -0.25) is 14.9 Å². The van der Waals surface area contributed by atoms with Crippen LogP contribution in [0.15, 0.2) is 54.7 Å². The number of nitrogens with one attached hydrogen (secondary N) is 2. The Hall–Kier alpha value is -3.68. The van der Waals surface area contributed by atoms with E-state index in [0.29, 0.717) is 5.56 Å². The lowest BCUT2D eigenvalue weighted by molar-refractivity contribution is -0.384. The van der Waals surface area contributed by atoms with Crippen molar-refractivity contribution in [3.8, 4) is 0 Å². The van der Waals surface area contributed by atoms with Crippen LogP contribution in [0.1, 0.15) is 11.1 Å². The zero-order valence-corrected chi connectivity index (χ0v) is 14.2. The number of carboxylic acid groups (broad SMARTS) is 1. The second-order valence-electron chi connectivity index (χ2n) is 6.13. The molecule has 0 saturated heterocycles. The SMILES string of the molecule is O=C(Cc1cccc([N+](=O)[O-])c1)N[C@H](Cc1c[nH]c2ccccc12)C(=O)O. The number of hydrogen-bond acceptors (Lipinski definition) is 4. The van der Waals surface area contributed by atoms with Crippen molar-refractivity contribution >= 4 is 28.5 Å². The number of carboxylic acids is 1. The van der Waals surface area contributed by atoms with Gasteiger partial charge < -0.3 is 15.4 Å². The van der Waals surface area contributed by atoms with E-state index in [9.17, 15) is 24.8 Å². The molecule has 0 radical (unpaired) electrons. The van der Waals surface area contributed by atoms with Gasteiger partial charge in [0.15, 0.2) is 0 Å². The Kier molecular flexibility index (Phi) is 5.16. The summed E-state index contributed by atoms with van der Waals surface area (Å²) < 4.78 is 0. The van der Waals surface area contributed by atoms with Crippen LogP contribution in [-0.2, 0) is 22.4 Å². The summed E-state index contributed by atoms with van der Waals surface area (Å²) in [6.07, 6.45) is 1.71. The standard InChI is InChI=1S/C19H17N3O5/c23-18(9-12-4-3-5-14(8-12)22(26)27)21-17(19(24)25)10-13-11-20-16-7-2-1-6-15(13)16/h1-8,11,17,20H,9-10H2,(H,21,23)(H,24,25)/t17-/m1/s1. The van der Waals surface area contributed by atoms with Crippen molar-refractivity contribution in [1.29, 1.82) is 0 Å². The van der Waals surface area contributed by atoms with E-state index in [1.807, 2.05) is 24.3 Å². The molecule has 0 fully saturated rings. The van der Waals surface area contributed by atoms with Gasteiger partial charge in [-0.15, -0.1) is 0 Å². The third kappa shape index (κ3) is 4.30. The van der Waals surface area contributed by atoms with E-state index in [0.717, 1.165) is 16.5 Å². The molecule has 1 amide bonds. The fraction of sp³-hybridized carbons (Fsp3) is 0.158. The van der Waals surface area contributed by atoms with E-state index in [2.05, 4.69) is 10.3 Å². The first-order chi connectivity index (χ1) is 12.9. The first kappa shape index (κ1) is 18.1. The highest BCUT2D eigenvalue weighted by Crippen LogP contribution is 2.19. The molecule has 1 atom stereocenters. The summed E-state index contributed by atoms with van der Waals surface area (Å²) in [5.74, 6) is -1.66. The highest BCUT2D eigenvalue weighted by molar-refractivity contribution is 5.87. The van der Waals surface area contributed by atoms with Crippen LogP contribution in [-0.4, -0.2) is 32.9 Å². The Balaban J connectivity index is 1.71. The molecule has 3 rings (SSSR count). The lowest BCUT2D eigenvalue weighted by Crippen LogP contribution is -2.43. The highest BCUT2D eigenvalue weighted by atomic mass is 16.6. The number of nitro groups is 1. The number of amides is 1. The molecule has 0 saturated carbocycles. The van der Waals surface area contributed by atoms with Crippen LogP contribution < -0.4 is 5.32 Å². The molecule has 0 spiro atoms. The van der Waals surface area contributed by atoms with Crippen molar-refractivity contribution in [2.24, 2.45) is 0 Å². The van der Waals surface area contributed by atoms with Gasteiger partial charge in [0.2, 0.25) is 5.91 Å². The molecule has 0 bridgehead atoms. The van der Waals surface area contributed by atoms with Gasteiger partial charge in [0.05, 0.1) is 11.3 Å². The van der Waals surface area contributed by atoms with Gasteiger partial charge in [0.1, 0.15) is 6.04 Å². The zero-order valence-electron chi connectivity index (χ0n) is 14.2. The Morgan fingerprint density at radius 2 is 1.96 bits per heavy atom. The predicted octanol–water partition coefficient (Wildman–Crippen LogP) is 2.43. The summed E-state index contributed by atoms with van der Waals surface area (Å²) in [5, 5.41) is 23.7. The lowest BCUT2D eigenvalue weighted by Gasteiger charge is -2.14. The van der Waals surface area contributed by atoms with Gasteiger partial charge in [-0.1, -0.05) is 30.3 Å². The van der Waals surface area contributed by atoms with E-state index in [1.165, 1.54) is 18.2 Å². The first-order valence-electron chi connectivity index (χ1n) is 8.24. The van der Waals surface area contributed by atoms with Crippen LogP contribution in [0, 0.1) is 10.1 Å². The monoisotopic (exact) mass is 367 g/mol. The van der Waals surface area contributed by atoms with Crippen molar-refractivity contribution in [3.05, 3.63) is 76.0 Å². The van der Waals surface area contributed by atoms with Gasteiger partial charge in [0.25, 0.3) is 5.69 Å². The molecule has 138 valence electrons. The number of benzene rings is 2. The number of nitro benzene ring substituents is 1. The number of non-ortho nitro benzene ring substituents is 1. The fourth-order valence-corrected chi connectivity index (χ4v) is 2.93. The number of fused-ring (bicyclic) bond motifs is 1. The number of aromatic nitrogens is 1. The number of nitrogens with zero attached hydrogens (tertiary/aromatic N) is 1. The van der Waals surface area contributed by atoms with Gasteiger partial charge in [0, 0.05) is 35.7 Å². The fourth-order valence-electron chi connectivity index (χ4n) is 2.93. The number of carbonyl (C=O) groups excluding carboxylic acids is 1. The quantitative estimate of drug-likeness (QED) is 0.437. The second-order valence-corrected chi connectivity index (χ2v) is 6.13. The molecule has 8 heteroatoms. The third-order valence-electron chi connectivity index (χ3n) is 4.22. The third-order valence-corrected chi connectivity index (χ3v) is 4.22. The van der Waals surface area contributed by atoms with Crippen molar-refractivity contribution in [2.75, 3.05) is 0 Å². The summed E-state index contributed by atoms with van der Waals surface area (Å²) in [6, 6.07) is 12.1. The van der Waals surface area contributed by atoms with Crippen molar-refractivity contribution in [2.45, 2.75) is 18.9 Å². The molecule has 3 aromatic rings. The van der Waals surface area contributed by atoms with E-state index < -0.39 is 22.8 Å². The molecule has 0 unspecified atom stereocenters. The smallest absolute Gasteiger partial charge is 0.326 e. The van der Waals surface area contributed by atoms with E-state index in [1.54, 1.807) is 12.3 Å². The van der Waals surface area contributed by atoms with Crippen LogP contribution in [0.2, 0.25) is 0 Å². The van der Waals surface area contributed by atoms with Crippen molar-refractivity contribution < 1.29 is 19.6 Å². The van der Waals surface area contributed by atoms with E-state index in [-0.39, 0.29) is 18.5 Å². The molecule has 1 heterocycles. The number of aromatic amines is 1. The number of rotatable bonds is 7. The first-order valence-corrected chi connectivity index (χ1v) is 8.24. The number of hydrogen-bond donors (Lipinski definition) is 3. The van der Waals surface area contributed by atoms with E-state index in [4.69, 9.17) is 0 Å². The largest absolute Gasteiger partial charge is 0.480 e.